The van der Waals surface area contributed by atoms with Crippen molar-refractivity contribution in [2.45, 2.75) is 63.1 Å². The van der Waals surface area contributed by atoms with Gasteiger partial charge in [0.15, 0.2) is 0 Å². The van der Waals surface area contributed by atoms with Crippen molar-refractivity contribution in [3.05, 3.63) is 29.6 Å². The number of aromatic nitrogens is 2. The molecule has 2 bridgehead atoms. The van der Waals surface area contributed by atoms with Crippen molar-refractivity contribution >= 4 is 24.2 Å². The van der Waals surface area contributed by atoms with Crippen molar-refractivity contribution < 1.29 is 14.3 Å². The molecule has 1 aromatic rings. The number of likely N-dealkylation sites (tertiary alicyclic amines) is 1. The number of carbonyl (C=O) groups is 2. The smallest absolute Gasteiger partial charge is 0.230 e. The van der Waals surface area contributed by atoms with Crippen LogP contribution in [-0.2, 0) is 34.0 Å². The van der Waals surface area contributed by atoms with Crippen LogP contribution in [0, 0.1) is 11.8 Å². The fourth-order valence-electron chi connectivity index (χ4n) is 5.99. The Morgan fingerprint density at radius 3 is 3.00 bits per heavy atom. The fourth-order valence-corrected chi connectivity index (χ4v) is 5.99. The van der Waals surface area contributed by atoms with E-state index in [-0.39, 0.29) is 30.3 Å². The van der Waals surface area contributed by atoms with Crippen molar-refractivity contribution in [1.82, 2.24) is 25.3 Å². The number of fused-ring (bicyclic) bond motifs is 2. The van der Waals surface area contributed by atoms with Crippen LogP contribution in [0.25, 0.3) is 0 Å². The van der Waals surface area contributed by atoms with E-state index in [9.17, 15) is 9.59 Å². The third kappa shape index (κ3) is 2.92. The minimum absolute atomic E-state index is 0. The molecule has 8 nitrogen and oxygen atoms in total. The molecule has 5 heterocycles. The topological polar surface area (TPSA) is 88.5 Å². The van der Waals surface area contributed by atoms with Gasteiger partial charge >= 0.3 is 0 Å². The van der Waals surface area contributed by atoms with Crippen LogP contribution in [0.1, 0.15) is 37.1 Å². The molecular formula is C21H28ClN5O3. The van der Waals surface area contributed by atoms with Gasteiger partial charge in [-0.3, -0.25) is 14.3 Å². The lowest BCUT2D eigenvalue weighted by molar-refractivity contribution is -0.138. The van der Waals surface area contributed by atoms with Crippen molar-refractivity contribution in [2.24, 2.45) is 11.8 Å². The molecule has 5 aliphatic rings. The van der Waals surface area contributed by atoms with Crippen LogP contribution in [-0.4, -0.2) is 57.3 Å². The molecule has 4 atom stereocenters. The third-order valence-corrected chi connectivity index (χ3v) is 7.36. The van der Waals surface area contributed by atoms with Gasteiger partial charge in [-0.25, -0.2) is 0 Å². The van der Waals surface area contributed by atoms with Gasteiger partial charge < -0.3 is 20.3 Å². The predicted molar refractivity (Wildman–Crippen MR) is 111 cm³/mol. The van der Waals surface area contributed by atoms with Crippen molar-refractivity contribution in [2.75, 3.05) is 13.1 Å². The molecule has 2 N–H and O–H groups in total. The molecule has 1 spiro atoms. The van der Waals surface area contributed by atoms with Crippen LogP contribution in [0.4, 0.5) is 0 Å². The first-order valence-electron chi connectivity index (χ1n) is 10.9. The second-order valence-electron chi connectivity index (χ2n) is 9.05. The Balaban J connectivity index is 0.00000193. The zero-order valence-electron chi connectivity index (χ0n) is 16.9. The van der Waals surface area contributed by atoms with E-state index in [0.717, 1.165) is 43.9 Å². The van der Waals surface area contributed by atoms with Crippen LogP contribution >= 0.6 is 12.4 Å². The Kier molecular flexibility index (Phi) is 4.91. The van der Waals surface area contributed by atoms with Crippen LogP contribution in [0.15, 0.2) is 18.2 Å². The molecule has 6 rings (SSSR count). The third-order valence-electron chi connectivity index (χ3n) is 7.36. The second kappa shape index (κ2) is 7.35. The van der Waals surface area contributed by atoms with E-state index in [0.29, 0.717) is 19.1 Å². The van der Waals surface area contributed by atoms with Crippen LogP contribution in [0.5, 0.6) is 0 Å². The van der Waals surface area contributed by atoms with E-state index < -0.39 is 17.4 Å². The average Bonchev–Trinajstić information content (AvgIpc) is 3.52. The maximum Gasteiger partial charge on any atom is 0.230 e. The monoisotopic (exact) mass is 433 g/mol. The number of amides is 2. The van der Waals surface area contributed by atoms with Gasteiger partial charge in [0.1, 0.15) is 5.60 Å². The van der Waals surface area contributed by atoms with E-state index in [1.807, 2.05) is 27.8 Å². The lowest BCUT2D eigenvalue weighted by atomic mass is 9.77. The molecule has 0 radical (unpaired) electrons. The fraction of sp³-hybridized carbons (Fsp3) is 0.667. The number of ether oxygens (including phenoxy) is 1. The average molecular weight is 434 g/mol. The highest BCUT2D eigenvalue weighted by Crippen LogP contribution is 2.53. The summed E-state index contributed by atoms with van der Waals surface area (Å²) in [4.78, 5) is 28.4. The summed E-state index contributed by atoms with van der Waals surface area (Å²) in [5.41, 5.74) is 1.39. The molecule has 2 saturated heterocycles. The molecule has 0 aromatic carbocycles. The van der Waals surface area contributed by atoms with Gasteiger partial charge in [-0.15, -0.1) is 12.4 Å². The lowest BCUT2D eigenvalue weighted by Gasteiger charge is -2.26. The summed E-state index contributed by atoms with van der Waals surface area (Å²) >= 11 is 0. The van der Waals surface area contributed by atoms with Gasteiger partial charge in [0, 0.05) is 19.1 Å². The maximum absolute atomic E-state index is 13.3. The summed E-state index contributed by atoms with van der Waals surface area (Å²) in [6.07, 6.45) is 8.22. The number of hydrogen-bond donors (Lipinski definition) is 2. The number of rotatable bonds is 4. The highest BCUT2D eigenvalue weighted by molar-refractivity contribution is 5.93. The summed E-state index contributed by atoms with van der Waals surface area (Å²) in [5, 5.41) is 10.9. The summed E-state index contributed by atoms with van der Waals surface area (Å²) in [5.74, 6) is -0.834. The molecule has 162 valence electrons. The van der Waals surface area contributed by atoms with Crippen molar-refractivity contribution in [1.29, 1.82) is 0 Å². The van der Waals surface area contributed by atoms with E-state index in [4.69, 9.17) is 4.74 Å². The first-order chi connectivity index (χ1) is 14.1. The van der Waals surface area contributed by atoms with E-state index >= 15 is 0 Å². The lowest BCUT2D eigenvalue weighted by Crippen LogP contribution is -2.44. The van der Waals surface area contributed by atoms with E-state index in [2.05, 4.69) is 15.7 Å². The highest BCUT2D eigenvalue weighted by Gasteiger charge is 2.67. The van der Waals surface area contributed by atoms with Crippen LogP contribution < -0.4 is 10.6 Å². The van der Waals surface area contributed by atoms with Gasteiger partial charge in [0.25, 0.3) is 0 Å². The zero-order valence-corrected chi connectivity index (χ0v) is 17.7. The molecule has 1 aromatic heterocycles. The standard InChI is InChI=1S/C21H27N5O3.ClH/c27-19(23-10-13-9-15-11-22-7-8-26(15)24-13)17-16-5-6-21(29-16)12-25(20(28)18(17)21)14-3-1-2-4-14;/h5-6,9,14,16-18,22H,1-4,7-8,10-12H2,(H,23,27);1H/t16-,17-,18+,21-;/m0./s1. The van der Waals surface area contributed by atoms with E-state index in [1.165, 1.54) is 12.8 Å². The minimum Gasteiger partial charge on any atom is -0.360 e. The zero-order chi connectivity index (χ0) is 19.6. The number of nitrogens with zero attached hydrogens (tertiary/aromatic N) is 3. The molecule has 30 heavy (non-hydrogen) atoms. The first-order valence-corrected chi connectivity index (χ1v) is 10.9. The summed E-state index contributed by atoms with van der Waals surface area (Å²) in [6, 6.07) is 2.35. The first kappa shape index (κ1) is 20.0. The Morgan fingerprint density at radius 2 is 2.20 bits per heavy atom. The Morgan fingerprint density at radius 1 is 1.37 bits per heavy atom. The van der Waals surface area contributed by atoms with Crippen molar-refractivity contribution in [3.63, 3.8) is 0 Å². The summed E-state index contributed by atoms with van der Waals surface area (Å²) < 4.78 is 8.23. The number of nitrogens with one attached hydrogen (secondary N) is 2. The van der Waals surface area contributed by atoms with Gasteiger partial charge in [0.05, 0.1) is 49.0 Å². The molecule has 4 aliphatic heterocycles. The Bertz CT molecular complexity index is 872. The van der Waals surface area contributed by atoms with Crippen molar-refractivity contribution in [3.8, 4) is 0 Å². The predicted octanol–water partition coefficient (Wildman–Crippen LogP) is 0.749. The number of hydrogen-bond acceptors (Lipinski definition) is 5. The molecule has 3 fully saturated rings. The largest absolute Gasteiger partial charge is 0.360 e. The maximum atomic E-state index is 13.3. The highest BCUT2D eigenvalue weighted by atomic mass is 35.5. The number of halogens is 1. The Hall–Kier alpha value is -1.90. The molecule has 9 heteroatoms. The summed E-state index contributed by atoms with van der Waals surface area (Å²) in [6.45, 7) is 3.55. The van der Waals surface area contributed by atoms with Crippen LogP contribution in [0.3, 0.4) is 0 Å². The minimum atomic E-state index is -0.606. The van der Waals surface area contributed by atoms with Gasteiger partial charge in [-0.2, -0.15) is 5.10 Å². The number of carbonyl (C=O) groups excluding carboxylic acids is 2. The molecule has 1 saturated carbocycles. The molecular weight excluding hydrogens is 406 g/mol. The Labute approximate surface area is 181 Å². The van der Waals surface area contributed by atoms with E-state index in [1.54, 1.807) is 0 Å². The normalized spacial score (nSPS) is 34.2. The van der Waals surface area contributed by atoms with Crippen LogP contribution in [0.2, 0.25) is 0 Å². The molecule has 2 amide bonds. The van der Waals surface area contributed by atoms with Gasteiger partial charge in [-0.05, 0) is 18.9 Å². The van der Waals surface area contributed by atoms with Gasteiger partial charge in [-0.1, -0.05) is 25.0 Å². The SMILES string of the molecule is Cl.O=C(NCc1cc2n(n1)CCNC2)[C@H]1[C@@H]2C=C[C@@]3(CN(C4CCCC4)C(=O)[C@@H]13)O2. The van der Waals surface area contributed by atoms with Gasteiger partial charge in [0.2, 0.25) is 11.8 Å². The quantitative estimate of drug-likeness (QED) is 0.684. The summed E-state index contributed by atoms with van der Waals surface area (Å²) in [7, 11) is 0. The molecule has 1 aliphatic carbocycles. The second-order valence-corrected chi connectivity index (χ2v) is 9.05. The molecule has 0 unspecified atom stereocenters.